The molecule has 0 aliphatic heterocycles. The first kappa shape index (κ1) is 16.4. The predicted molar refractivity (Wildman–Crippen MR) is 67.3 cm³/mol. The number of nitrogens with one attached hydrogen (secondary N) is 1. The highest BCUT2D eigenvalue weighted by Crippen LogP contribution is 2.10. The Hall–Kier alpha value is -0.620. The predicted octanol–water partition coefficient (Wildman–Crippen LogP) is 1.45. The molecule has 0 saturated heterocycles. The zero-order chi connectivity index (χ0) is 13.6. The number of carboxylic acids is 1. The normalized spacial score (nSPS) is 15.8. The van der Waals surface area contributed by atoms with E-state index < -0.39 is 22.0 Å². The second kappa shape index (κ2) is 6.96. The molecular formula is C11H23NO4S. The van der Waals surface area contributed by atoms with Crippen molar-refractivity contribution >= 4 is 16.0 Å². The number of aliphatic carboxylic acids is 1. The van der Waals surface area contributed by atoms with E-state index >= 15 is 0 Å². The lowest BCUT2D eigenvalue weighted by atomic mass is 10.1. The second-order valence-corrected chi connectivity index (χ2v) is 6.65. The molecule has 0 radical (unpaired) electrons. The van der Waals surface area contributed by atoms with Gasteiger partial charge >= 0.3 is 5.97 Å². The minimum atomic E-state index is -3.52. The van der Waals surface area contributed by atoms with Gasteiger partial charge in [0.1, 0.15) is 6.04 Å². The molecule has 0 aromatic carbocycles. The number of carboxylic acid groups (broad SMARTS) is 1. The molecule has 1 unspecified atom stereocenters. The second-order valence-electron chi connectivity index (χ2n) is 4.85. The van der Waals surface area contributed by atoms with E-state index in [1.807, 2.05) is 13.8 Å². The van der Waals surface area contributed by atoms with Crippen LogP contribution in [0, 0.1) is 11.8 Å². The Morgan fingerprint density at radius 1 is 1.29 bits per heavy atom. The fourth-order valence-electron chi connectivity index (χ4n) is 1.66. The highest BCUT2D eigenvalue weighted by atomic mass is 32.2. The zero-order valence-electron chi connectivity index (χ0n) is 10.9. The topological polar surface area (TPSA) is 83.5 Å². The third kappa shape index (κ3) is 6.63. The lowest BCUT2D eigenvalue weighted by Gasteiger charge is -2.19. The van der Waals surface area contributed by atoms with Gasteiger partial charge in [0.2, 0.25) is 10.0 Å². The summed E-state index contributed by atoms with van der Waals surface area (Å²) >= 11 is 0. The Morgan fingerprint density at radius 3 is 2.18 bits per heavy atom. The molecule has 17 heavy (non-hydrogen) atoms. The van der Waals surface area contributed by atoms with Crippen LogP contribution < -0.4 is 4.72 Å². The van der Waals surface area contributed by atoms with E-state index in [4.69, 9.17) is 5.11 Å². The average molecular weight is 265 g/mol. The van der Waals surface area contributed by atoms with Crippen LogP contribution in [0.3, 0.4) is 0 Å². The van der Waals surface area contributed by atoms with Crippen molar-refractivity contribution < 1.29 is 18.3 Å². The summed E-state index contributed by atoms with van der Waals surface area (Å²) in [6.45, 7) is 7.20. The first-order valence-electron chi connectivity index (χ1n) is 5.92. The molecule has 0 aliphatic carbocycles. The quantitative estimate of drug-likeness (QED) is 0.696. The van der Waals surface area contributed by atoms with Gasteiger partial charge < -0.3 is 5.11 Å². The summed E-state index contributed by atoms with van der Waals surface area (Å²) in [4.78, 5) is 10.9. The molecule has 102 valence electrons. The van der Waals surface area contributed by atoms with Gasteiger partial charge in [0.25, 0.3) is 0 Å². The van der Waals surface area contributed by atoms with Crippen LogP contribution in [0.4, 0.5) is 0 Å². The number of hydrogen-bond acceptors (Lipinski definition) is 3. The maximum absolute atomic E-state index is 11.8. The van der Waals surface area contributed by atoms with Crippen LogP contribution in [0.15, 0.2) is 0 Å². The molecule has 2 atom stereocenters. The Labute approximate surface area is 104 Å². The van der Waals surface area contributed by atoms with Crippen molar-refractivity contribution in [2.24, 2.45) is 11.8 Å². The average Bonchev–Trinajstić information content (AvgIpc) is 2.12. The summed E-state index contributed by atoms with van der Waals surface area (Å²) in [5.41, 5.74) is 0. The van der Waals surface area contributed by atoms with E-state index in [1.54, 1.807) is 13.8 Å². The number of sulfonamides is 1. The SMILES string of the molecule is CCCC(C)CS(=O)(=O)N[C@@H](C(=O)O)C(C)C. The largest absolute Gasteiger partial charge is 0.480 e. The van der Waals surface area contributed by atoms with Crippen LogP contribution in [0.25, 0.3) is 0 Å². The lowest BCUT2D eigenvalue weighted by Crippen LogP contribution is -2.45. The van der Waals surface area contributed by atoms with E-state index in [9.17, 15) is 13.2 Å². The van der Waals surface area contributed by atoms with Crippen molar-refractivity contribution in [2.45, 2.75) is 46.6 Å². The molecule has 5 nitrogen and oxygen atoms in total. The van der Waals surface area contributed by atoms with Crippen molar-refractivity contribution in [2.75, 3.05) is 5.75 Å². The summed E-state index contributed by atoms with van der Waals surface area (Å²) < 4.78 is 25.8. The van der Waals surface area contributed by atoms with Gasteiger partial charge in [-0.05, 0) is 18.3 Å². The molecule has 0 amide bonds. The minimum Gasteiger partial charge on any atom is -0.480 e. The zero-order valence-corrected chi connectivity index (χ0v) is 11.8. The summed E-state index contributed by atoms with van der Waals surface area (Å²) in [7, 11) is -3.52. The maximum Gasteiger partial charge on any atom is 0.321 e. The molecule has 0 spiro atoms. The molecule has 0 heterocycles. The fourth-order valence-corrected chi connectivity index (χ4v) is 3.44. The Balaban J connectivity index is 4.57. The lowest BCUT2D eigenvalue weighted by molar-refractivity contribution is -0.140. The minimum absolute atomic E-state index is 0.0165. The van der Waals surface area contributed by atoms with E-state index in [0.29, 0.717) is 0 Å². The molecule has 2 N–H and O–H groups in total. The molecule has 0 fully saturated rings. The van der Waals surface area contributed by atoms with E-state index in [0.717, 1.165) is 12.8 Å². The molecule has 6 heteroatoms. The Bertz CT molecular complexity index is 337. The van der Waals surface area contributed by atoms with Crippen molar-refractivity contribution in [3.05, 3.63) is 0 Å². The third-order valence-electron chi connectivity index (χ3n) is 2.52. The van der Waals surface area contributed by atoms with E-state index in [1.165, 1.54) is 0 Å². The standard InChI is InChI=1S/C11H23NO4S/c1-5-6-9(4)7-17(15,16)12-10(8(2)3)11(13)14/h8-10,12H,5-7H2,1-4H3,(H,13,14)/t9?,10-/m1/s1. The Morgan fingerprint density at radius 2 is 1.82 bits per heavy atom. The van der Waals surface area contributed by atoms with Crippen LogP contribution in [0.1, 0.15) is 40.5 Å². The summed E-state index contributed by atoms with van der Waals surface area (Å²) in [6.07, 6.45) is 1.74. The molecule has 0 aliphatic rings. The van der Waals surface area contributed by atoms with Gasteiger partial charge in [0.15, 0.2) is 0 Å². The van der Waals surface area contributed by atoms with Crippen molar-refractivity contribution in [3.8, 4) is 0 Å². The number of rotatable bonds is 8. The number of carbonyl (C=O) groups is 1. The molecule has 0 bridgehead atoms. The van der Waals surface area contributed by atoms with Crippen LogP contribution in [0.2, 0.25) is 0 Å². The van der Waals surface area contributed by atoms with Gasteiger partial charge in [0.05, 0.1) is 5.75 Å². The summed E-state index contributed by atoms with van der Waals surface area (Å²) in [6, 6.07) is -1.05. The van der Waals surface area contributed by atoms with Gasteiger partial charge in [-0.3, -0.25) is 4.79 Å². The smallest absolute Gasteiger partial charge is 0.321 e. The summed E-state index contributed by atoms with van der Waals surface area (Å²) in [5.74, 6) is -1.38. The molecule has 0 rings (SSSR count). The summed E-state index contributed by atoms with van der Waals surface area (Å²) in [5, 5.41) is 8.92. The van der Waals surface area contributed by atoms with Gasteiger partial charge in [-0.2, -0.15) is 0 Å². The van der Waals surface area contributed by atoms with Crippen molar-refractivity contribution in [3.63, 3.8) is 0 Å². The number of hydrogen-bond donors (Lipinski definition) is 2. The fraction of sp³-hybridized carbons (Fsp3) is 0.909. The Kier molecular flexibility index (Phi) is 6.70. The first-order valence-corrected chi connectivity index (χ1v) is 7.57. The highest BCUT2D eigenvalue weighted by Gasteiger charge is 2.27. The first-order chi connectivity index (χ1) is 7.69. The highest BCUT2D eigenvalue weighted by molar-refractivity contribution is 7.89. The molecule has 0 aromatic rings. The van der Waals surface area contributed by atoms with Gasteiger partial charge in [0, 0.05) is 0 Å². The molecule has 0 saturated carbocycles. The van der Waals surface area contributed by atoms with E-state index in [2.05, 4.69) is 4.72 Å². The molecular weight excluding hydrogens is 242 g/mol. The third-order valence-corrected chi connectivity index (χ3v) is 4.15. The van der Waals surface area contributed by atoms with Gasteiger partial charge in [-0.25, -0.2) is 13.1 Å². The van der Waals surface area contributed by atoms with Gasteiger partial charge in [-0.1, -0.05) is 34.1 Å². The maximum atomic E-state index is 11.8. The molecule has 0 aromatic heterocycles. The van der Waals surface area contributed by atoms with Crippen LogP contribution in [0.5, 0.6) is 0 Å². The monoisotopic (exact) mass is 265 g/mol. The van der Waals surface area contributed by atoms with Crippen LogP contribution in [-0.2, 0) is 14.8 Å². The van der Waals surface area contributed by atoms with E-state index in [-0.39, 0.29) is 17.6 Å². The van der Waals surface area contributed by atoms with Crippen LogP contribution >= 0.6 is 0 Å². The van der Waals surface area contributed by atoms with Gasteiger partial charge in [-0.15, -0.1) is 0 Å². The van der Waals surface area contributed by atoms with Crippen molar-refractivity contribution in [1.29, 1.82) is 0 Å². The van der Waals surface area contributed by atoms with Crippen LogP contribution in [-0.4, -0.2) is 31.3 Å². The van der Waals surface area contributed by atoms with Crippen molar-refractivity contribution in [1.82, 2.24) is 4.72 Å².